The maximum absolute atomic E-state index is 9.15. The highest BCUT2D eigenvalue weighted by molar-refractivity contribution is 6.59. The molecule has 0 bridgehead atoms. The number of methoxy groups -OCH3 is 1. The van der Waals surface area contributed by atoms with E-state index in [1.807, 2.05) is 12.1 Å². The number of nitrogens with zero attached hydrogens (tertiary/aromatic N) is 1. The van der Waals surface area contributed by atoms with Crippen molar-refractivity contribution in [2.75, 3.05) is 25.1 Å². The molecule has 1 aromatic rings. The Morgan fingerprint density at radius 1 is 1.25 bits per heavy atom. The minimum Gasteiger partial charge on any atom is -0.497 e. The van der Waals surface area contributed by atoms with Crippen LogP contribution in [-0.2, 0) is 0 Å². The van der Waals surface area contributed by atoms with E-state index in [-0.39, 0.29) is 0 Å². The van der Waals surface area contributed by atoms with Crippen LogP contribution in [0.3, 0.4) is 0 Å². The third-order valence-corrected chi connectivity index (χ3v) is 2.97. The molecule has 0 amide bonds. The molecular formula is C11H16BNO3. The van der Waals surface area contributed by atoms with Crippen LogP contribution in [0.4, 0.5) is 5.69 Å². The minimum atomic E-state index is -1.48. The van der Waals surface area contributed by atoms with Gasteiger partial charge in [0.2, 0.25) is 0 Å². The van der Waals surface area contributed by atoms with Crippen LogP contribution in [0.2, 0.25) is 0 Å². The first-order valence-corrected chi connectivity index (χ1v) is 5.51. The van der Waals surface area contributed by atoms with E-state index in [4.69, 9.17) is 14.8 Å². The zero-order chi connectivity index (χ0) is 11.5. The minimum absolute atomic E-state index is 0.408. The highest BCUT2D eigenvalue weighted by Gasteiger charge is 2.19. The first-order chi connectivity index (χ1) is 7.72. The fraction of sp³-hybridized carbons (Fsp3) is 0.455. The van der Waals surface area contributed by atoms with Gasteiger partial charge in [-0.2, -0.15) is 0 Å². The Kier molecular flexibility index (Phi) is 3.36. The Morgan fingerprint density at radius 2 is 1.94 bits per heavy atom. The molecule has 1 aromatic carbocycles. The molecule has 0 radical (unpaired) electrons. The quantitative estimate of drug-likeness (QED) is 0.704. The van der Waals surface area contributed by atoms with Crippen LogP contribution in [0, 0.1) is 0 Å². The van der Waals surface area contributed by atoms with Gasteiger partial charge in [-0.25, -0.2) is 0 Å². The molecule has 1 aliphatic rings. The second-order valence-electron chi connectivity index (χ2n) is 3.99. The van der Waals surface area contributed by atoms with E-state index < -0.39 is 7.12 Å². The molecule has 0 aliphatic carbocycles. The molecule has 16 heavy (non-hydrogen) atoms. The van der Waals surface area contributed by atoms with Gasteiger partial charge in [0.25, 0.3) is 0 Å². The van der Waals surface area contributed by atoms with Gasteiger partial charge in [-0.15, -0.1) is 0 Å². The summed E-state index contributed by atoms with van der Waals surface area (Å²) >= 11 is 0. The average molecular weight is 221 g/mol. The number of rotatable bonds is 3. The Labute approximate surface area is 95.6 Å². The van der Waals surface area contributed by atoms with Gasteiger partial charge in [0.05, 0.1) is 7.11 Å². The van der Waals surface area contributed by atoms with Crippen LogP contribution in [0.15, 0.2) is 18.2 Å². The average Bonchev–Trinajstić information content (AvgIpc) is 2.81. The standard InChI is InChI=1S/C11H16BNO3/c1-16-11-8-9(13-6-2-3-7-13)4-5-10(11)12(14)15/h4-5,8,14-15H,2-3,6-7H2,1H3. The summed E-state index contributed by atoms with van der Waals surface area (Å²) in [7, 11) is 0.0530. The summed E-state index contributed by atoms with van der Waals surface area (Å²) in [6, 6.07) is 5.47. The van der Waals surface area contributed by atoms with Crippen molar-refractivity contribution >= 4 is 18.3 Å². The number of hydrogen-bond donors (Lipinski definition) is 2. The van der Waals surface area contributed by atoms with Gasteiger partial charge < -0.3 is 19.7 Å². The van der Waals surface area contributed by atoms with Gasteiger partial charge in [0, 0.05) is 30.3 Å². The fourth-order valence-electron chi connectivity index (χ4n) is 2.09. The summed E-state index contributed by atoms with van der Waals surface area (Å²) < 4.78 is 5.16. The van der Waals surface area contributed by atoms with Gasteiger partial charge >= 0.3 is 7.12 Å². The van der Waals surface area contributed by atoms with Crippen molar-refractivity contribution in [1.82, 2.24) is 0 Å². The van der Waals surface area contributed by atoms with Crippen LogP contribution < -0.4 is 15.1 Å². The topological polar surface area (TPSA) is 52.9 Å². The Bertz CT molecular complexity index is 364. The van der Waals surface area contributed by atoms with Crippen LogP contribution in [0.5, 0.6) is 5.75 Å². The highest BCUT2D eigenvalue weighted by atomic mass is 16.5. The molecule has 1 saturated heterocycles. The Morgan fingerprint density at radius 3 is 2.50 bits per heavy atom. The molecule has 0 unspecified atom stereocenters. The molecule has 86 valence electrons. The molecular weight excluding hydrogens is 205 g/mol. The first kappa shape index (κ1) is 11.3. The van der Waals surface area contributed by atoms with Crippen molar-refractivity contribution in [3.05, 3.63) is 18.2 Å². The van der Waals surface area contributed by atoms with Crippen LogP contribution in [-0.4, -0.2) is 37.4 Å². The summed E-state index contributed by atoms with van der Waals surface area (Å²) in [6.07, 6.45) is 2.43. The number of anilines is 1. The van der Waals surface area contributed by atoms with Crippen LogP contribution >= 0.6 is 0 Å². The molecule has 1 heterocycles. The SMILES string of the molecule is COc1cc(N2CCCC2)ccc1B(O)O. The third-order valence-electron chi connectivity index (χ3n) is 2.97. The van der Waals surface area contributed by atoms with Gasteiger partial charge in [0.1, 0.15) is 5.75 Å². The van der Waals surface area contributed by atoms with E-state index in [1.165, 1.54) is 20.0 Å². The zero-order valence-electron chi connectivity index (χ0n) is 9.39. The summed E-state index contributed by atoms with van der Waals surface area (Å²) in [6.45, 7) is 2.12. The van der Waals surface area contributed by atoms with Crippen molar-refractivity contribution in [2.45, 2.75) is 12.8 Å². The number of ether oxygens (including phenoxy) is 1. The van der Waals surface area contributed by atoms with E-state index in [9.17, 15) is 0 Å². The lowest BCUT2D eigenvalue weighted by molar-refractivity contribution is 0.403. The lowest BCUT2D eigenvalue weighted by Gasteiger charge is -2.19. The second kappa shape index (κ2) is 4.76. The third kappa shape index (κ3) is 2.15. The van der Waals surface area contributed by atoms with Gasteiger partial charge in [0.15, 0.2) is 0 Å². The molecule has 4 nitrogen and oxygen atoms in total. The van der Waals surface area contributed by atoms with Crippen LogP contribution in [0.1, 0.15) is 12.8 Å². The summed E-state index contributed by atoms with van der Waals surface area (Å²) in [5.74, 6) is 0.527. The lowest BCUT2D eigenvalue weighted by atomic mass is 9.79. The Balaban J connectivity index is 2.28. The predicted molar refractivity (Wildman–Crippen MR) is 64.3 cm³/mol. The molecule has 5 heteroatoms. The molecule has 1 fully saturated rings. The predicted octanol–water partition coefficient (Wildman–Crippen LogP) is -0.0248. The zero-order valence-corrected chi connectivity index (χ0v) is 9.39. The molecule has 2 rings (SSSR count). The highest BCUT2D eigenvalue weighted by Crippen LogP contribution is 2.23. The Hall–Kier alpha value is -1.20. The van der Waals surface area contributed by atoms with E-state index in [0.29, 0.717) is 11.2 Å². The van der Waals surface area contributed by atoms with E-state index >= 15 is 0 Å². The molecule has 0 spiro atoms. The maximum atomic E-state index is 9.15. The fourth-order valence-corrected chi connectivity index (χ4v) is 2.09. The molecule has 1 aliphatic heterocycles. The number of hydrogen-bond acceptors (Lipinski definition) is 4. The normalized spacial score (nSPS) is 15.3. The molecule has 0 aromatic heterocycles. The monoisotopic (exact) mass is 221 g/mol. The number of benzene rings is 1. The molecule has 2 N–H and O–H groups in total. The van der Waals surface area contributed by atoms with Crippen molar-refractivity contribution in [1.29, 1.82) is 0 Å². The van der Waals surface area contributed by atoms with Crippen molar-refractivity contribution in [3.63, 3.8) is 0 Å². The van der Waals surface area contributed by atoms with E-state index in [1.54, 1.807) is 6.07 Å². The summed E-state index contributed by atoms with van der Waals surface area (Å²) in [5.41, 5.74) is 1.49. The van der Waals surface area contributed by atoms with E-state index in [0.717, 1.165) is 18.8 Å². The van der Waals surface area contributed by atoms with E-state index in [2.05, 4.69) is 4.90 Å². The first-order valence-electron chi connectivity index (χ1n) is 5.51. The van der Waals surface area contributed by atoms with Crippen molar-refractivity contribution in [3.8, 4) is 5.75 Å². The maximum Gasteiger partial charge on any atom is 0.492 e. The second-order valence-corrected chi connectivity index (χ2v) is 3.99. The van der Waals surface area contributed by atoms with Gasteiger partial charge in [-0.05, 0) is 18.9 Å². The molecule has 0 atom stereocenters. The smallest absolute Gasteiger partial charge is 0.492 e. The van der Waals surface area contributed by atoms with Crippen molar-refractivity contribution in [2.24, 2.45) is 0 Å². The largest absolute Gasteiger partial charge is 0.497 e. The van der Waals surface area contributed by atoms with Crippen molar-refractivity contribution < 1.29 is 14.8 Å². The van der Waals surface area contributed by atoms with Crippen LogP contribution in [0.25, 0.3) is 0 Å². The molecule has 0 saturated carbocycles. The van der Waals surface area contributed by atoms with Gasteiger partial charge in [-0.1, -0.05) is 6.07 Å². The summed E-state index contributed by atoms with van der Waals surface area (Å²) in [5, 5.41) is 18.3. The lowest BCUT2D eigenvalue weighted by Crippen LogP contribution is -2.31. The summed E-state index contributed by atoms with van der Waals surface area (Å²) in [4.78, 5) is 2.27. The van der Waals surface area contributed by atoms with Gasteiger partial charge in [-0.3, -0.25) is 0 Å².